The Morgan fingerprint density at radius 2 is 1.96 bits per heavy atom. The summed E-state index contributed by atoms with van der Waals surface area (Å²) in [7, 11) is 2.77. The average Bonchev–Trinajstić information content (AvgIpc) is 2.64. The van der Waals surface area contributed by atoms with Crippen molar-refractivity contribution in [2.75, 3.05) is 20.8 Å². The lowest BCUT2D eigenvalue weighted by molar-refractivity contribution is -0.140. The molecule has 0 saturated heterocycles. The van der Waals surface area contributed by atoms with Gasteiger partial charge in [-0.2, -0.15) is 0 Å². The smallest absolute Gasteiger partial charge is 0.306 e. The van der Waals surface area contributed by atoms with Crippen molar-refractivity contribution in [1.29, 1.82) is 0 Å². The molecule has 0 amide bonds. The number of nitrogens with one attached hydrogen (secondary N) is 1. The zero-order chi connectivity index (χ0) is 20.8. The van der Waals surface area contributed by atoms with E-state index < -0.39 is 17.4 Å². The number of aromatic nitrogens is 1. The molecule has 0 spiro atoms. The number of aromatic hydroxyl groups is 1. The molecule has 0 saturated carbocycles. The minimum atomic E-state index is -0.721. The number of benzene rings is 1. The third-order valence-electron chi connectivity index (χ3n) is 4.20. The summed E-state index contributed by atoms with van der Waals surface area (Å²) < 4.78 is 15.8. The van der Waals surface area contributed by atoms with Gasteiger partial charge in [0, 0.05) is 11.6 Å². The Labute approximate surface area is 163 Å². The number of aromatic amines is 1. The van der Waals surface area contributed by atoms with E-state index in [-0.39, 0.29) is 17.7 Å². The van der Waals surface area contributed by atoms with Gasteiger partial charge in [-0.15, -0.1) is 0 Å². The molecule has 1 atom stereocenters. The Morgan fingerprint density at radius 3 is 2.54 bits per heavy atom. The van der Waals surface area contributed by atoms with Crippen LogP contribution in [-0.2, 0) is 9.53 Å². The van der Waals surface area contributed by atoms with Crippen molar-refractivity contribution in [3.63, 3.8) is 0 Å². The van der Waals surface area contributed by atoms with Crippen LogP contribution in [0.1, 0.15) is 36.1 Å². The second-order valence-corrected chi connectivity index (χ2v) is 6.57. The Hall–Kier alpha value is -3.22. The molecule has 0 aliphatic carbocycles. The van der Waals surface area contributed by atoms with Gasteiger partial charge in [-0.1, -0.05) is 12.6 Å². The number of ether oxygens (including phenoxy) is 3. The molecule has 2 N–H and O–H groups in total. The van der Waals surface area contributed by atoms with Crippen molar-refractivity contribution in [3.8, 4) is 17.2 Å². The first-order valence-corrected chi connectivity index (χ1v) is 8.71. The monoisotopic (exact) mass is 387 g/mol. The molecule has 150 valence electrons. The van der Waals surface area contributed by atoms with Crippen LogP contribution in [0.25, 0.3) is 0 Å². The standard InChI is InChI=1S/C21H25NO6/c1-12(2)11-28-17-7-6-14(9-18(17)26-4)15(10-19(24)27-5)20-16(23)8-13(3)22-21(20)25/h6-9,15H,1,10-11H2,2-5H3,(H2,22,23,25)/t15-/m0/s1. The highest BCUT2D eigenvalue weighted by Gasteiger charge is 2.26. The second kappa shape index (κ2) is 9.12. The maximum absolute atomic E-state index is 12.5. The van der Waals surface area contributed by atoms with Crippen LogP contribution in [0.3, 0.4) is 0 Å². The largest absolute Gasteiger partial charge is 0.507 e. The van der Waals surface area contributed by atoms with E-state index in [1.165, 1.54) is 20.3 Å². The highest BCUT2D eigenvalue weighted by Crippen LogP contribution is 2.37. The SMILES string of the molecule is C=C(C)COc1ccc([C@H](CC(=O)OC)c2c(O)cc(C)[nH]c2=O)cc1OC. The maximum Gasteiger partial charge on any atom is 0.306 e. The molecule has 1 aromatic heterocycles. The Kier molecular flexibility index (Phi) is 6.87. The van der Waals surface area contributed by atoms with Gasteiger partial charge in [-0.25, -0.2) is 0 Å². The van der Waals surface area contributed by atoms with Gasteiger partial charge >= 0.3 is 5.97 Å². The number of pyridine rings is 1. The van der Waals surface area contributed by atoms with Crippen molar-refractivity contribution < 1.29 is 24.1 Å². The summed E-state index contributed by atoms with van der Waals surface area (Å²) >= 11 is 0. The highest BCUT2D eigenvalue weighted by atomic mass is 16.5. The number of H-pyrrole nitrogens is 1. The van der Waals surface area contributed by atoms with Crippen LogP contribution in [0.15, 0.2) is 41.2 Å². The molecule has 2 aromatic rings. The van der Waals surface area contributed by atoms with Gasteiger partial charge in [0.25, 0.3) is 5.56 Å². The first-order valence-electron chi connectivity index (χ1n) is 8.71. The number of carbonyl (C=O) groups excluding carboxylic acids is 1. The number of methoxy groups -OCH3 is 2. The van der Waals surface area contributed by atoms with Gasteiger partial charge in [-0.3, -0.25) is 9.59 Å². The first-order chi connectivity index (χ1) is 13.3. The summed E-state index contributed by atoms with van der Waals surface area (Å²) in [6.45, 7) is 7.64. The van der Waals surface area contributed by atoms with E-state index in [1.54, 1.807) is 25.1 Å². The number of carbonyl (C=O) groups is 1. The lowest BCUT2D eigenvalue weighted by Gasteiger charge is -2.19. The molecule has 2 rings (SSSR count). The Bertz CT molecular complexity index is 931. The number of esters is 1. The lowest BCUT2D eigenvalue weighted by Crippen LogP contribution is -2.21. The van der Waals surface area contributed by atoms with E-state index >= 15 is 0 Å². The van der Waals surface area contributed by atoms with Crippen LogP contribution in [0.2, 0.25) is 0 Å². The summed E-state index contributed by atoms with van der Waals surface area (Å²) in [5.74, 6) is -0.465. The van der Waals surface area contributed by atoms with E-state index in [0.717, 1.165) is 5.57 Å². The zero-order valence-electron chi connectivity index (χ0n) is 16.5. The normalized spacial score (nSPS) is 11.6. The molecule has 0 unspecified atom stereocenters. The summed E-state index contributed by atoms with van der Waals surface area (Å²) in [6, 6.07) is 6.55. The summed E-state index contributed by atoms with van der Waals surface area (Å²) in [6.07, 6.45) is -0.120. The highest BCUT2D eigenvalue weighted by molar-refractivity contribution is 5.71. The number of aryl methyl sites for hydroxylation is 1. The third kappa shape index (κ3) is 4.94. The van der Waals surface area contributed by atoms with Gasteiger partial charge in [-0.05, 0) is 43.2 Å². The van der Waals surface area contributed by atoms with Crippen LogP contribution in [0.5, 0.6) is 17.2 Å². The van der Waals surface area contributed by atoms with Gasteiger partial charge in [0.15, 0.2) is 11.5 Å². The summed E-state index contributed by atoms with van der Waals surface area (Å²) in [5, 5.41) is 10.4. The fourth-order valence-corrected chi connectivity index (χ4v) is 2.88. The summed E-state index contributed by atoms with van der Waals surface area (Å²) in [4.78, 5) is 27.1. The molecular weight excluding hydrogens is 362 g/mol. The molecule has 1 heterocycles. The van der Waals surface area contributed by atoms with Crippen LogP contribution in [0, 0.1) is 6.92 Å². The van der Waals surface area contributed by atoms with Crippen LogP contribution in [-0.4, -0.2) is 36.9 Å². The van der Waals surface area contributed by atoms with E-state index in [1.807, 2.05) is 6.92 Å². The molecule has 7 heteroatoms. The van der Waals surface area contributed by atoms with Crippen molar-refractivity contribution in [1.82, 2.24) is 4.98 Å². The van der Waals surface area contributed by atoms with Crippen LogP contribution < -0.4 is 15.0 Å². The number of hydrogen-bond acceptors (Lipinski definition) is 6. The topological polar surface area (TPSA) is 97.9 Å². The zero-order valence-corrected chi connectivity index (χ0v) is 16.5. The lowest BCUT2D eigenvalue weighted by atomic mass is 9.88. The molecule has 0 bridgehead atoms. The summed E-state index contributed by atoms with van der Waals surface area (Å²) in [5.41, 5.74) is 1.60. The van der Waals surface area contributed by atoms with E-state index in [4.69, 9.17) is 14.2 Å². The van der Waals surface area contributed by atoms with Gasteiger partial charge in [0.1, 0.15) is 12.4 Å². The van der Waals surface area contributed by atoms with Gasteiger partial charge in [0.05, 0.1) is 26.2 Å². The quantitative estimate of drug-likeness (QED) is 0.534. The fourth-order valence-electron chi connectivity index (χ4n) is 2.88. The predicted molar refractivity (Wildman–Crippen MR) is 105 cm³/mol. The Balaban J connectivity index is 2.54. The average molecular weight is 387 g/mol. The van der Waals surface area contributed by atoms with E-state index in [2.05, 4.69) is 11.6 Å². The van der Waals surface area contributed by atoms with Crippen molar-refractivity contribution in [2.24, 2.45) is 0 Å². The van der Waals surface area contributed by atoms with Crippen LogP contribution >= 0.6 is 0 Å². The van der Waals surface area contributed by atoms with Crippen molar-refractivity contribution in [3.05, 3.63) is 63.6 Å². The molecule has 1 aromatic carbocycles. The van der Waals surface area contributed by atoms with Gasteiger partial charge in [0.2, 0.25) is 0 Å². The van der Waals surface area contributed by atoms with E-state index in [0.29, 0.717) is 29.4 Å². The second-order valence-electron chi connectivity index (χ2n) is 6.57. The minimum absolute atomic E-state index is 0.0913. The van der Waals surface area contributed by atoms with Crippen LogP contribution in [0.4, 0.5) is 0 Å². The van der Waals surface area contributed by atoms with Crippen molar-refractivity contribution >= 4 is 5.97 Å². The molecular formula is C21H25NO6. The third-order valence-corrected chi connectivity index (χ3v) is 4.20. The van der Waals surface area contributed by atoms with Crippen molar-refractivity contribution in [2.45, 2.75) is 26.2 Å². The fraction of sp³-hybridized carbons (Fsp3) is 0.333. The minimum Gasteiger partial charge on any atom is -0.507 e. The van der Waals surface area contributed by atoms with Gasteiger partial charge < -0.3 is 24.3 Å². The molecule has 0 aliphatic rings. The Morgan fingerprint density at radius 1 is 1.25 bits per heavy atom. The molecule has 0 fully saturated rings. The predicted octanol–water partition coefficient (Wildman–Crippen LogP) is 3.05. The molecule has 7 nitrogen and oxygen atoms in total. The molecule has 28 heavy (non-hydrogen) atoms. The number of hydrogen-bond donors (Lipinski definition) is 2. The molecule has 0 radical (unpaired) electrons. The van der Waals surface area contributed by atoms with E-state index in [9.17, 15) is 14.7 Å². The number of rotatable bonds is 8. The molecule has 0 aliphatic heterocycles. The first kappa shape index (κ1) is 21.1. The maximum atomic E-state index is 12.5.